The van der Waals surface area contributed by atoms with Crippen LogP contribution in [0, 0.1) is 5.82 Å². The van der Waals surface area contributed by atoms with E-state index in [1.807, 2.05) is 18.2 Å². The number of halogens is 1. The Morgan fingerprint density at radius 2 is 1.65 bits per heavy atom. The van der Waals surface area contributed by atoms with Crippen molar-refractivity contribution in [2.24, 2.45) is 0 Å². The first-order chi connectivity index (χ1) is 16.1. The maximum absolute atomic E-state index is 13.5. The van der Waals surface area contributed by atoms with Gasteiger partial charge in [0.1, 0.15) is 18.4 Å². The Labute approximate surface area is 199 Å². The van der Waals surface area contributed by atoms with Crippen molar-refractivity contribution in [1.82, 2.24) is 10.2 Å². The molecule has 0 aliphatic carbocycles. The lowest BCUT2D eigenvalue weighted by Gasteiger charge is -2.31. The molecule has 3 aromatic carbocycles. The molecule has 9 heteroatoms. The van der Waals surface area contributed by atoms with Crippen LogP contribution in [0.15, 0.2) is 66.7 Å². The largest absolute Gasteiger partial charge is 0.355 e. The number of nitrogens with one attached hydrogen (secondary N) is 1. The number of carbonyl (C=O) groups excluding carboxylic acids is 2. The number of anilines is 1. The highest BCUT2D eigenvalue weighted by molar-refractivity contribution is 7.92. The van der Waals surface area contributed by atoms with E-state index in [2.05, 4.69) is 5.32 Å². The van der Waals surface area contributed by atoms with Crippen LogP contribution in [0.25, 0.3) is 10.8 Å². The Bertz CT molecular complexity index is 1270. The summed E-state index contributed by atoms with van der Waals surface area (Å²) in [5, 5.41) is 4.21. The number of likely N-dealkylation sites (N-methyl/N-ethyl adjacent to an activating group) is 1. The number of sulfonamides is 1. The summed E-state index contributed by atoms with van der Waals surface area (Å²) in [6.07, 6.45) is 1.04. The van der Waals surface area contributed by atoms with Crippen LogP contribution in [-0.2, 0) is 26.2 Å². The average molecular weight is 486 g/mol. The monoisotopic (exact) mass is 485 g/mol. The highest BCUT2D eigenvalue weighted by atomic mass is 32.2. The summed E-state index contributed by atoms with van der Waals surface area (Å²) in [7, 11) is -3.84. The van der Waals surface area contributed by atoms with Crippen LogP contribution in [0.2, 0.25) is 0 Å². The Morgan fingerprint density at radius 1 is 1.00 bits per heavy atom. The zero-order valence-corrected chi connectivity index (χ0v) is 20.2. The SMILES string of the molecule is CCNC(=O)C(C)N(Cc1ccc(F)cc1)C(=O)CN(c1cccc2ccccc12)S(C)(=O)=O. The number of carbonyl (C=O) groups is 2. The minimum Gasteiger partial charge on any atom is -0.355 e. The zero-order valence-electron chi connectivity index (χ0n) is 19.4. The minimum atomic E-state index is -3.84. The fourth-order valence-electron chi connectivity index (χ4n) is 3.71. The van der Waals surface area contributed by atoms with Crippen LogP contribution in [-0.4, -0.2) is 50.5 Å². The normalized spacial score (nSPS) is 12.2. The van der Waals surface area contributed by atoms with Crippen molar-refractivity contribution in [3.63, 3.8) is 0 Å². The summed E-state index contributed by atoms with van der Waals surface area (Å²) in [4.78, 5) is 27.4. The lowest BCUT2D eigenvalue weighted by atomic mass is 10.1. The van der Waals surface area contributed by atoms with Crippen molar-refractivity contribution in [2.75, 3.05) is 23.7 Å². The van der Waals surface area contributed by atoms with Crippen molar-refractivity contribution < 1.29 is 22.4 Å². The third kappa shape index (κ3) is 5.91. The quantitative estimate of drug-likeness (QED) is 0.504. The van der Waals surface area contributed by atoms with Crippen LogP contribution in [0.5, 0.6) is 0 Å². The second kappa shape index (κ2) is 10.6. The third-order valence-corrected chi connectivity index (χ3v) is 6.63. The lowest BCUT2D eigenvalue weighted by Crippen LogP contribution is -2.51. The standard InChI is InChI=1S/C25H28FN3O4S/c1-4-27-25(31)18(2)28(16-19-12-14-21(26)15-13-19)24(30)17-29(34(3,32)33)23-11-7-9-20-8-5-6-10-22(20)23/h5-15,18H,4,16-17H2,1-3H3,(H,27,31). The average Bonchev–Trinajstić information content (AvgIpc) is 2.80. The summed E-state index contributed by atoms with van der Waals surface area (Å²) in [6, 6.07) is 17.3. The van der Waals surface area contributed by atoms with Gasteiger partial charge in [-0.3, -0.25) is 13.9 Å². The molecule has 0 saturated heterocycles. The second-order valence-corrected chi connectivity index (χ2v) is 9.89. The second-order valence-electron chi connectivity index (χ2n) is 7.99. The minimum absolute atomic E-state index is 0.0184. The molecule has 180 valence electrons. The smallest absolute Gasteiger partial charge is 0.244 e. The number of benzene rings is 3. The Balaban J connectivity index is 1.98. The van der Waals surface area contributed by atoms with Gasteiger partial charge in [0.15, 0.2) is 0 Å². The molecule has 0 aliphatic heterocycles. The highest BCUT2D eigenvalue weighted by Gasteiger charge is 2.30. The lowest BCUT2D eigenvalue weighted by molar-refractivity contribution is -0.139. The topological polar surface area (TPSA) is 86.8 Å². The molecule has 0 fully saturated rings. The molecule has 7 nitrogen and oxygen atoms in total. The van der Waals surface area contributed by atoms with Crippen LogP contribution in [0.1, 0.15) is 19.4 Å². The number of hydrogen-bond acceptors (Lipinski definition) is 4. The fraction of sp³-hybridized carbons (Fsp3) is 0.280. The maximum atomic E-state index is 13.5. The van der Waals surface area contributed by atoms with Gasteiger partial charge in [-0.05, 0) is 43.0 Å². The van der Waals surface area contributed by atoms with Gasteiger partial charge in [-0.1, -0.05) is 48.5 Å². The van der Waals surface area contributed by atoms with Crippen molar-refractivity contribution >= 4 is 38.3 Å². The molecule has 34 heavy (non-hydrogen) atoms. The maximum Gasteiger partial charge on any atom is 0.244 e. The molecule has 1 N–H and O–H groups in total. The number of fused-ring (bicyclic) bond motifs is 1. The van der Waals surface area contributed by atoms with Gasteiger partial charge in [0.25, 0.3) is 0 Å². The van der Waals surface area contributed by atoms with Crippen LogP contribution in [0.4, 0.5) is 10.1 Å². The number of rotatable bonds is 9. The highest BCUT2D eigenvalue weighted by Crippen LogP contribution is 2.28. The molecular weight excluding hydrogens is 457 g/mol. The van der Waals surface area contributed by atoms with E-state index >= 15 is 0 Å². The fourth-order valence-corrected chi connectivity index (χ4v) is 4.57. The van der Waals surface area contributed by atoms with Gasteiger partial charge in [-0.15, -0.1) is 0 Å². The van der Waals surface area contributed by atoms with Gasteiger partial charge in [0.2, 0.25) is 21.8 Å². The van der Waals surface area contributed by atoms with E-state index in [1.165, 1.54) is 29.2 Å². The predicted octanol–water partition coefficient (Wildman–Crippen LogP) is 3.30. The van der Waals surface area contributed by atoms with Gasteiger partial charge in [0, 0.05) is 18.5 Å². The Morgan fingerprint density at radius 3 is 2.29 bits per heavy atom. The zero-order chi connectivity index (χ0) is 24.9. The van der Waals surface area contributed by atoms with Gasteiger partial charge in [-0.25, -0.2) is 12.8 Å². The molecule has 0 saturated carbocycles. The molecule has 0 aliphatic rings. The van der Waals surface area contributed by atoms with E-state index in [0.29, 0.717) is 23.2 Å². The number of nitrogens with zero attached hydrogens (tertiary/aromatic N) is 2. The Hall–Kier alpha value is -3.46. The first-order valence-corrected chi connectivity index (χ1v) is 12.7. The molecule has 3 rings (SSSR count). The molecule has 1 unspecified atom stereocenters. The molecule has 2 amide bonds. The van der Waals surface area contributed by atoms with Gasteiger partial charge in [-0.2, -0.15) is 0 Å². The van der Waals surface area contributed by atoms with Gasteiger partial charge in [0.05, 0.1) is 11.9 Å². The molecule has 3 aromatic rings. The van der Waals surface area contributed by atoms with Gasteiger partial charge >= 0.3 is 0 Å². The van der Waals surface area contributed by atoms with E-state index < -0.39 is 34.3 Å². The van der Waals surface area contributed by atoms with Crippen LogP contribution >= 0.6 is 0 Å². The molecule has 0 bridgehead atoms. The summed E-state index contributed by atoms with van der Waals surface area (Å²) in [5.41, 5.74) is 0.989. The van der Waals surface area contributed by atoms with E-state index in [4.69, 9.17) is 0 Å². The van der Waals surface area contributed by atoms with Crippen molar-refractivity contribution in [3.8, 4) is 0 Å². The van der Waals surface area contributed by atoms with E-state index in [1.54, 1.807) is 38.1 Å². The van der Waals surface area contributed by atoms with Crippen molar-refractivity contribution in [2.45, 2.75) is 26.4 Å². The number of hydrogen-bond donors (Lipinski definition) is 1. The van der Waals surface area contributed by atoms with E-state index in [9.17, 15) is 22.4 Å². The van der Waals surface area contributed by atoms with E-state index in [0.717, 1.165) is 15.9 Å². The molecule has 0 heterocycles. The van der Waals surface area contributed by atoms with Gasteiger partial charge < -0.3 is 10.2 Å². The van der Waals surface area contributed by atoms with Crippen molar-refractivity contribution in [3.05, 3.63) is 78.1 Å². The first-order valence-electron chi connectivity index (χ1n) is 10.9. The number of amides is 2. The van der Waals surface area contributed by atoms with Crippen molar-refractivity contribution in [1.29, 1.82) is 0 Å². The van der Waals surface area contributed by atoms with E-state index in [-0.39, 0.29) is 12.5 Å². The molecule has 0 radical (unpaired) electrons. The summed E-state index contributed by atoms with van der Waals surface area (Å²) < 4.78 is 40.0. The Kier molecular flexibility index (Phi) is 7.88. The summed E-state index contributed by atoms with van der Waals surface area (Å²) >= 11 is 0. The summed E-state index contributed by atoms with van der Waals surface area (Å²) in [5.74, 6) is -1.34. The van der Waals surface area contributed by atoms with Crippen LogP contribution < -0.4 is 9.62 Å². The molecule has 0 spiro atoms. The molecular formula is C25H28FN3O4S. The van der Waals surface area contributed by atoms with Crippen LogP contribution in [0.3, 0.4) is 0 Å². The molecule has 1 atom stereocenters. The molecule has 0 aromatic heterocycles. The third-order valence-electron chi connectivity index (χ3n) is 5.50. The first kappa shape index (κ1) is 25.2. The predicted molar refractivity (Wildman–Crippen MR) is 131 cm³/mol. The summed E-state index contributed by atoms with van der Waals surface area (Å²) in [6.45, 7) is 3.26.